The molecule has 1 aliphatic heterocycles. The molecule has 0 unspecified atom stereocenters. The van der Waals surface area contributed by atoms with Crippen molar-refractivity contribution < 1.29 is 35.6 Å². The standard InChI is InChI=1S/C22H19F6N5O2/c23-21(24,25)14-6-3-12(4-7-14)11-34-17-8-5-13(10-15(17)22(26,27)28)18-31-19(35-32-18)16-2-1-9-33(16)20(29)30/h3-8,10,16H,1-2,9,11H2,(H3,29,30)/t16-/m0/s1. The smallest absolute Gasteiger partial charge is 0.419 e. The SMILES string of the molecule is N=C(N)N1CCC[C@H]1c1nc(-c2ccc(OCc3ccc(C(F)(F)F)cc3)c(C(F)(F)F)c2)no1. The van der Waals surface area contributed by atoms with Gasteiger partial charge in [0.05, 0.1) is 11.1 Å². The lowest BCUT2D eigenvalue weighted by atomic mass is 10.1. The van der Waals surface area contributed by atoms with Crippen LogP contribution in [-0.4, -0.2) is 27.5 Å². The summed E-state index contributed by atoms with van der Waals surface area (Å²) in [4.78, 5) is 5.76. The summed E-state index contributed by atoms with van der Waals surface area (Å²) in [6, 6.07) is 6.74. The van der Waals surface area contributed by atoms with Crippen LogP contribution in [0.5, 0.6) is 5.75 Å². The van der Waals surface area contributed by atoms with Gasteiger partial charge >= 0.3 is 12.4 Å². The lowest BCUT2D eigenvalue weighted by Crippen LogP contribution is -2.35. The molecule has 35 heavy (non-hydrogen) atoms. The summed E-state index contributed by atoms with van der Waals surface area (Å²) in [6.45, 7) is 0.163. The van der Waals surface area contributed by atoms with Crippen molar-refractivity contribution in [1.29, 1.82) is 5.41 Å². The minimum atomic E-state index is -4.78. The minimum Gasteiger partial charge on any atom is -0.488 e. The van der Waals surface area contributed by atoms with Gasteiger partial charge in [0.1, 0.15) is 18.4 Å². The lowest BCUT2D eigenvalue weighted by Gasteiger charge is -2.21. The summed E-state index contributed by atoms with van der Waals surface area (Å²) in [6.07, 6.45) is -7.96. The van der Waals surface area contributed by atoms with Crippen LogP contribution >= 0.6 is 0 Å². The molecule has 186 valence electrons. The molecule has 1 aliphatic rings. The number of halogens is 6. The van der Waals surface area contributed by atoms with E-state index in [-0.39, 0.29) is 35.4 Å². The monoisotopic (exact) mass is 499 g/mol. The average Bonchev–Trinajstić information content (AvgIpc) is 3.46. The van der Waals surface area contributed by atoms with Crippen molar-refractivity contribution in [2.45, 2.75) is 37.8 Å². The number of nitrogens with one attached hydrogen (secondary N) is 1. The fraction of sp³-hybridized carbons (Fsp3) is 0.318. The third kappa shape index (κ3) is 5.33. The number of nitrogens with two attached hydrogens (primary N) is 1. The van der Waals surface area contributed by atoms with Crippen molar-refractivity contribution >= 4 is 5.96 Å². The maximum atomic E-state index is 13.7. The van der Waals surface area contributed by atoms with Gasteiger partial charge in [0.25, 0.3) is 0 Å². The van der Waals surface area contributed by atoms with Crippen molar-refractivity contribution in [3.8, 4) is 17.1 Å². The van der Waals surface area contributed by atoms with E-state index in [0.717, 1.165) is 42.8 Å². The molecule has 0 amide bonds. The molecule has 7 nitrogen and oxygen atoms in total. The van der Waals surface area contributed by atoms with Crippen LogP contribution in [0.15, 0.2) is 47.0 Å². The Morgan fingerprint density at radius 3 is 2.43 bits per heavy atom. The molecule has 0 saturated carbocycles. The largest absolute Gasteiger partial charge is 0.488 e. The van der Waals surface area contributed by atoms with Gasteiger partial charge < -0.3 is 19.9 Å². The average molecular weight is 499 g/mol. The highest BCUT2D eigenvalue weighted by Crippen LogP contribution is 2.39. The predicted octanol–water partition coefficient (Wildman–Crippen LogP) is 5.38. The Morgan fingerprint density at radius 1 is 1.09 bits per heavy atom. The van der Waals surface area contributed by atoms with Gasteiger partial charge in [0.2, 0.25) is 11.7 Å². The van der Waals surface area contributed by atoms with E-state index in [1.54, 1.807) is 4.90 Å². The normalized spacial score (nSPS) is 16.5. The van der Waals surface area contributed by atoms with E-state index >= 15 is 0 Å². The van der Waals surface area contributed by atoms with Gasteiger partial charge in [-0.1, -0.05) is 17.3 Å². The summed E-state index contributed by atoms with van der Waals surface area (Å²) < 4.78 is 89.8. The molecule has 3 N–H and O–H groups in total. The molecule has 0 bridgehead atoms. The van der Waals surface area contributed by atoms with Crippen LogP contribution in [0.2, 0.25) is 0 Å². The topological polar surface area (TPSA) is 101 Å². The lowest BCUT2D eigenvalue weighted by molar-refractivity contribution is -0.139. The highest BCUT2D eigenvalue weighted by atomic mass is 19.4. The first-order chi connectivity index (χ1) is 16.4. The maximum Gasteiger partial charge on any atom is 0.419 e. The Bertz CT molecular complexity index is 1210. The van der Waals surface area contributed by atoms with E-state index in [0.29, 0.717) is 13.0 Å². The molecule has 13 heteroatoms. The second-order valence-corrected chi connectivity index (χ2v) is 7.88. The second kappa shape index (κ2) is 9.12. The molecular weight excluding hydrogens is 480 g/mol. The minimum absolute atomic E-state index is 0.0292. The van der Waals surface area contributed by atoms with E-state index in [4.69, 9.17) is 20.4 Å². The Hall–Kier alpha value is -3.77. The van der Waals surface area contributed by atoms with Gasteiger partial charge in [-0.05, 0) is 48.7 Å². The van der Waals surface area contributed by atoms with Crippen molar-refractivity contribution in [1.82, 2.24) is 15.0 Å². The number of hydrogen-bond donors (Lipinski definition) is 2. The summed E-state index contributed by atoms with van der Waals surface area (Å²) in [5, 5.41) is 11.4. The summed E-state index contributed by atoms with van der Waals surface area (Å²) in [5.41, 5.74) is 3.88. The zero-order valence-electron chi connectivity index (χ0n) is 18.0. The molecule has 1 aromatic heterocycles. The van der Waals surface area contributed by atoms with Crippen LogP contribution in [-0.2, 0) is 19.0 Å². The van der Waals surface area contributed by atoms with Gasteiger partial charge in [-0.25, -0.2) is 0 Å². The van der Waals surface area contributed by atoms with Crippen LogP contribution in [0.1, 0.15) is 41.5 Å². The molecule has 2 heterocycles. The molecule has 0 spiro atoms. The first-order valence-corrected chi connectivity index (χ1v) is 10.4. The molecule has 1 fully saturated rings. The number of rotatable bonds is 5. The molecule has 0 aliphatic carbocycles. The first kappa shape index (κ1) is 24.4. The van der Waals surface area contributed by atoms with Crippen LogP contribution in [0, 0.1) is 5.41 Å². The molecule has 2 aromatic carbocycles. The summed E-state index contributed by atoms with van der Waals surface area (Å²) in [7, 11) is 0. The molecule has 0 radical (unpaired) electrons. The molecule has 4 rings (SSSR count). The first-order valence-electron chi connectivity index (χ1n) is 10.4. The molecule has 1 atom stereocenters. The van der Waals surface area contributed by atoms with Gasteiger partial charge in [-0.15, -0.1) is 0 Å². The number of benzene rings is 2. The number of alkyl halides is 6. The highest BCUT2D eigenvalue weighted by Gasteiger charge is 2.36. The molecule has 3 aromatic rings. The van der Waals surface area contributed by atoms with Crippen LogP contribution < -0.4 is 10.5 Å². The van der Waals surface area contributed by atoms with Crippen molar-refractivity contribution in [2.24, 2.45) is 5.73 Å². The molecular formula is C22H19F6N5O2. The summed E-state index contributed by atoms with van der Waals surface area (Å²) in [5.74, 6) is -0.594. The van der Waals surface area contributed by atoms with Gasteiger partial charge in [-0.3, -0.25) is 5.41 Å². The number of aromatic nitrogens is 2. The summed E-state index contributed by atoms with van der Waals surface area (Å²) >= 11 is 0. The van der Waals surface area contributed by atoms with E-state index in [2.05, 4.69) is 10.1 Å². The Balaban J connectivity index is 1.55. The molecule has 1 saturated heterocycles. The van der Waals surface area contributed by atoms with Crippen LogP contribution in [0.25, 0.3) is 11.4 Å². The highest BCUT2D eigenvalue weighted by molar-refractivity contribution is 5.75. The zero-order valence-corrected chi connectivity index (χ0v) is 18.0. The third-order valence-corrected chi connectivity index (χ3v) is 5.51. The number of ether oxygens (including phenoxy) is 1. The number of likely N-dealkylation sites (tertiary alicyclic amines) is 1. The maximum absolute atomic E-state index is 13.7. The van der Waals surface area contributed by atoms with Gasteiger partial charge in [0, 0.05) is 12.1 Å². The Labute approximate surface area is 195 Å². The van der Waals surface area contributed by atoms with E-state index in [1.807, 2.05) is 0 Å². The number of guanidine groups is 1. The predicted molar refractivity (Wildman–Crippen MR) is 111 cm³/mol. The van der Waals surface area contributed by atoms with Gasteiger partial charge in [0.15, 0.2) is 5.96 Å². The fourth-order valence-electron chi connectivity index (χ4n) is 3.77. The second-order valence-electron chi connectivity index (χ2n) is 7.88. The van der Waals surface area contributed by atoms with Crippen molar-refractivity contribution in [3.05, 3.63) is 65.0 Å². The fourth-order valence-corrected chi connectivity index (χ4v) is 3.77. The van der Waals surface area contributed by atoms with Crippen LogP contribution in [0.3, 0.4) is 0 Å². The zero-order chi connectivity index (χ0) is 25.4. The van der Waals surface area contributed by atoms with Crippen molar-refractivity contribution in [2.75, 3.05) is 6.54 Å². The Kier molecular flexibility index (Phi) is 6.34. The number of nitrogens with zero attached hydrogens (tertiary/aromatic N) is 3. The van der Waals surface area contributed by atoms with Crippen molar-refractivity contribution in [3.63, 3.8) is 0 Å². The van der Waals surface area contributed by atoms with Gasteiger partial charge in [-0.2, -0.15) is 31.3 Å². The van der Waals surface area contributed by atoms with Crippen LogP contribution in [0.4, 0.5) is 26.3 Å². The number of hydrogen-bond acceptors (Lipinski definition) is 5. The van der Waals surface area contributed by atoms with E-state index < -0.39 is 35.3 Å². The quantitative estimate of drug-likeness (QED) is 0.278. The Morgan fingerprint density at radius 2 is 1.80 bits per heavy atom. The third-order valence-electron chi connectivity index (χ3n) is 5.51. The van der Waals surface area contributed by atoms with E-state index in [9.17, 15) is 26.3 Å². The van der Waals surface area contributed by atoms with E-state index in [1.165, 1.54) is 6.07 Å².